The lowest BCUT2D eigenvalue weighted by atomic mass is 9.99. The van der Waals surface area contributed by atoms with Crippen molar-refractivity contribution in [2.45, 2.75) is 6.92 Å². The zero-order valence-electron chi connectivity index (χ0n) is 9.40. The first-order valence-corrected chi connectivity index (χ1v) is 5.30. The highest BCUT2D eigenvalue weighted by atomic mass is 16.5. The van der Waals surface area contributed by atoms with E-state index in [1.807, 2.05) is 37.3 Å². The summed E-state index contributed by atoms with van der Waals surface area (Å²) < 4.78 is 5.50. The molecule has 0 bridgehead atoms. The largest absolute Gasteiger partial charge is 0.493 e. The van der Waals surface area contributed by atoms with Gasteiger partial charge in [0, 0.05) is 10.8 Å². The van der Waals surface area contributed by atoms with Crippen molar-refractivity contribution in [2.75, 3.05) is 6.61 Å². The molecule has 0 radical (unpaired) electrons. The van der Waals surface area contributed by atoms with E-state index in [0.717, 1.165) is 10.8 Å². The van der Waals surface area contributed by atoms with Gasteiger partial charge in [-0.05, 0) is 13.0 Å². The fourth-order valence-electron chi connectivity index (χ4n) is 1.83. The number of hydrogen-bond acceptors (Lipinski definition) is 3. The quantitative estimate of drug-likeness (QED) is 0.784. The van der Waals surface area contributed by atoms with Gasteiger partial charge in [0.05, 0.1) is 17.7 Å². The first-order chi connectivity index (χ1) is 8.31. The second-order valence-electron chi connectivity index (χ2n) is 3.50. The number of fused-ring (bicyclic) bond motifs is 1. The third kappa shape index (κ3) is 1.79. The van der Waals surface area contributed by atoms with Crippen molar-refractivity contribution >= 4 is 10.8 Å². The van der Waals surface area contributed by atoms with Crippen molar-refractivity contribution < 1.29 is 4.74 Å². The molecule has 0 saturated carbocycles. The molecule has 0 amide bonds. The van der Waals surface area contributed by atoms with Crippen LogP contribution in [-0.4, -0.2) is 6.61 Å². The summed E-state index contributed by atoms with van der Waals surface area (Å²) in [4.78, 5) is 0. The van der Waals surface area contributed by atoms with E-state index in [4.69, 9.17) is 15.3 Å². The summed E-state index contributed by atoms with van der Waals surface area (Å²) >= 11 is 0. The molecule has 0 saturated heterocycles. The van der Waals surface area contributed by atoms with Gasteiger partial charge in [-0.15, -0.1) is 0 Å². The van der Waals surface area contributed by atoms with Crippen LogP contribution in [0.1, 0.15) is 18.1 Å². The van der Waals surface area contributed by atoms with E-state index in [-0.39, 0.29) is 0 Å². The number of ether oxygens (including phenoxy) is 1. The number of benzene rings is 2. The molecule has 0 unspecified atom stereocenters. The zero-order valence-corrected chi connectivity index (χ0v) is 9.40. The highest BCUT2D eigenvalue weighted by molar-refractivity contribution is 5.94. The molecule has 0 heterocycles. The van der Waals surface area contributed by atoms with Crippen LogP contribution in [0.15, 0.2) is 30.3 Å². The maximum absolute atomic E-state index is 9.13. The third-order valence-electron chi connectivity index (χ3n) is 2.54. The minimum atomic E-state index is 0.356. The minimum Gasteiger partial charge on any atom is -0.493 e. The van der Waals surface area contributed by atoms with Crippen LogP contribution in [-0.2, 0) is 0 Å². The Kier molecular flexibility index (Phi) is 2.94. The van der Waals surface area contributed by atoms with Crippen LogP contribution in [0.4, 0.5) is 0 Å². The molecule has 0 spiro atoms. The molecule has 82 valence electrons. The van der Waals surface area contributed by atoms with Crippen LogP contribution in [0.2, 0.25) is 0 Å². The van der Waals surface area contributed by atoms with E-state index in [9.17, 15) is 0 Å². The van der Waals surface area contributed by atoms with Crippen molar-refractivity contribution in [1.29, 1.82) is 10.5 Å². The Morgan fingerprint density at radius 2 is 1.82 bits per heavy atom. The van der Waals surface area contributed by atoms with Crippen LogP contribution < -0.4 is 4.74 Å². The third-order valence-corrected chi connectivity index (χ3v) is 2.54. The summed E-state index contributed by atoms with van der Waals surface area (Å²) in [5, 5.41) is 19.8. The number of nitrogens with zero attached hydrogens (tertiary/aromatic N) is 2. The summed E-state index contributed by atoms with van der Waals surface area (Å²) in [6, 6.07) is 13.2. The van der Waals surface area contributed by atoms with E-state index < -0.39 is 0 Å². The Hall–Kier alpha value is -2.52. The maximum atomic E-state index is 9.13. The standard InChI is InChI=1S/C14H10N2O/c1-2-17-14-7-10(8-15)13(9-16)11-5-3-4-6-12(11)14/h3-7H,2H2,1H3. The van der Waals surface area contributed by atoms with E-state index in [0.29, 0.717) is 23.5 Å². The molecule has 0 fully saturated rings. The molecular formula is C14H10N2O. The fourth-order valence-corrected chi connectivity index (χ4v) is 1.83. The highest BCUT2D eigenvalue weighted by Gasteiger charge is 2.11. The lowest BCUT2D eigenvalue weighted by Crippen LogP contribution is -1.95. The normalized spacial score (nSPS) is 9.59. The summed E-state index contributed by atoms with van der Waals surface area (Å²) in [7, 11) is 0. The smallest absolute Gasteiger partial charge is 0.128 e. The molecule has 2 aromatic rings. The zero-order chi connectivity index (χ0) is 12.3. The van der Waals surface area contributed by atoms with Crippen molar-refractivity contribution in [1.82, 2.24) is 0 Å². The molecular weight excluding hydrogens is 212 g/mol. The summed E-state index contributed by atoms with van der Waals surface area (Å²) in [6.07, 6.45) is 0. The van der Waals surface area contributed by atoms with Gasteiger partial charge in [0.25, 0.3) is 0 Å². The van der Waals surface area contributed by atoms with E-state index in [1.54, 1.807) is 6.07 Å². The maximum Gasteiger partial charge on any atom is 0.128 e. The van der Waals surface area contributed by atoms with Gasteiger partial charge in [0.15, 0.2) is 0 Å². The Morgan fingerprint density at radius 1 is 1.12 bits per heavy atom. The van der Waals surface area contributed by atoms with Crippen molar-refractivity contribution in [3.63, 3.8) is 0 Å². The van der Waals surface area contributed by atoms with Gasteiger partial charge in [-0.2, -0.15) is 10.5 Å². The molecule has 0 aliphatic carbocycles. The summed E-state index contributed by atoms with van der Waals surface area (Å²) in [6.45, 7) is 2.42. The van der Waals surface area contributed by atoms with Crippen LogP contribution in [0.25, 0.3) is 10.8 Å². The first kappa shape index (κ1) is 11.0. The van der Waals surface area contributed by atoms with Crippen LogP contribution in [0.5, 0.6) is 5.75 Å². The van der Waals surface area contributed by atoms with Gasteiger partial charge in [-0.25, -0.2) is 0 Å². The lowest BCUT2D eigenvalue weighted by Gasteiger charge is -2.09. The number of nitriles is 2. The SMILES string of the molecule is CCOc1cc(C#N)c(C#N)c2ccccc12. The van der Waals surface area contributed by atoms with Gasteiger partial charge in [0.1, 0.15) is 17.9 Å². The molecule has 3 nitrogen and oxygen atoms in total. The molecule has 0 atom stereocenters. The second kappa shape index (κ2) is 4.55. The van der Waals surface area contributed by atoms with Gasteiger partial charge in [-0.1, -0.05) is 24.3 Å². The van der Waals surface area contributed by atoms with Gasteiger partial charge in [-0.3, -0.25) is 0 Å². The first-order valence-electron chi connectivity index (χ1n) is 5.30. The molecule has 2 rings (SSSR count). The Bertz CT molecular complexity index is 648. The van der Waals surface area contributed by atoms with Gasteiger partial charge < -0.3 is 4.74 Å². The Morgan fingerprint density at radius 3 is 2.41 bits per heavy atom. The summed E-state index contributed by atoms with van der Waals surface area (Å²) in [5.41, 5.74) is 0.765. The van der Waals surface area contributed by atoms with Crippen molar-refractivity contribution in [3.05, 3.63) is 41.5 Å². The molecule has 0 aromatic heterocycles. The molecule has 17 heavy (non-hydrogen) atoms. The van der Waals surface area contributed by atoms with E-state index in [2.05, 4.69) is 6.07 Å². The van der Waals surface area contributed by atoms with Crippen LogP contribution >= 0.6 is 0 Å². The average molecular weight is 222 g/mol. The van der Waals surface area contributed by atoms with E-state index >= 15 is 0 Å². The predicted molar refractivity (Wildman–Crippen MR) is 64.5 cm³/mol. The molecule has 0 aliphatic heterocycles. The van der Waals surface area contributed by atoms with Crippen LogP contribution in [0, 0.1) is 22.7 Å². The molecule has 0 N–H and O–H groups in total. The Labute approximate surface area is 99.5 Å². The topological polar surface area (TPSA) is 56.8 Å². The average Bonchev–Trinajstić information content (AvgIpc) is 2.38. The minimum absolute atomic E-state index is 0.356. The number of rotatable bonds is 2. The van der Waals surface area contributed by atoms with E-state index in [1.165, 1.54) is 0 Å². The van der Waals surface area contributed by atoms with Crippen molar-refractivity contribution in [3.8, 4) is 17.9 Å². The summed E-state index contributed by atoms with van der Waals surface area (Å²) in [5.74, 6) is 0.652. The molecule has 3 heteroatoms. The van der Waals surface area contributed by atoms with Gasteiger partial charge in [0.2, 0.25) is 0 Å². The lowest BCUT2D eigenvalue weighted by molar-refractivity contribution is 0.344. The fraction of sp³-hybridized carbons (Fsp3) is 0.143. The Balaban J connectivity index is 2.87. The van der Waals surface area contributed by atoms with Gasteiger partial charge >= 0.3 is 0 Å². The molecule has 2 aromatic carbocycles. The molecule has 0 aliphatic rings. The van der Waals surface area contributed by atoms with Crippen LogP contribution in [0.3, 0.4) is 0 Å². The highest BCUT2D eigenvalue weighted by Crippen LogP contribution is 2.30. The monoisotopic (exact) mass is 222 g/mol. The predicted octanol–water partition coefficient (Wildman–Crippen LogP) is 2.98. The second-order valence-corrected chi connectivity index (χ2v) is 3.50. The number of hydrogen-bond donors (Lipinski definition) is 0. The van der Waals surface area contributed by atoms with Crippen molar-refractivity contribution in [2.24, 2.45) is 0 Å².